The van der Waals surface area contributed by atoms with Gasteiger partial charge in [0.2, 0.25) is 5.91 Å². The van der Waals surface area contributed by atoms with Gasteiger partial charge in [-0.05, 0) is 80.2 Å². The summed E-state index contributed by atoms with van der Waals surface area (Å²) in [7, 11) is 0. The van der Waals surface area contributed by atoms with Crippen LogP contribution in [0.5, 0.6) is 0 Å². The molecule has 1 amide bonds. The zero-order valence-electron chi connectivity index (χ0n) is 22.0. The molecular weight excluding hydrogens is 458 g/mol. The number of hydrogen-bond acceptors (Lipinski definition) is 5. The molecule has 3 aliphatic carbocycles. The maximum Gasteiger partial charge on any atom is 0.222 e. The van der Waals surface area contributed by atoms with E-state index in [-0.39, 0.29) is 6.04 Å². The van der Waals surface area contributed by atoms with E-state index in [1.807, 2.05) is 18.3 Å². The van der Waals surface area contributed by atoms with Crippen molar-refractivity contribution in [2.45, 2.75) is 76.7 Å². The van der Waals surface area contributed by atoms with Crippen molar-refractivity contribution in [3.8, 4) is 17.2 Å². The lowest BCUT2D eigenvalue weighted by molar-refractivity contribution is -0.135. The monoisotopic (exact) mass is 495 g/mol. The highest BCUT2D eigenvalue weighted by molar-refractivity contribution is 5.79. The Morgan fingerprint density at radius 2 is 2.03 bits per heavy atom. The molecule has 4 fully saturated rings. The highest BCUT2D eigenvalue weighted by atomic mass is 16.2. The Morgan fingerprint density at radius 1 is 1.22 bits per heavy atom. The second kappa shape index (κ2) is 9.93. The molecule has 6 heteroatoms. The highest BCUT2D eigenvalue weighted by Crippen LogP contribution is 2.47. The van der Waals surface area contributed by atoms with Crippen molar-refractivity contribution < 1.29 is 4.79 Å². The topological polar surface area (TPSA) is 73.1 Å². The van der Waals surface area contributed by atoms with E-state index in [4.69, 9.17) is 4.98 Å². The van der Waals surface area contributed by atoms with E-state index in [1.54, 1.807) is 6.08 Å². The van der Waals surface area contributed by atoms with E-state index in [9.17, 15) is 10.1 Å². The quantitative estimate of drug-likeness (QED) is 0.459. The Morgan fingerprint density at radius 3 is 2.68 bits per heavy atom. The molecule has 0 radical (unpaired) electrons. The van der Waals surface area contributed by atoms with Crippen molar-refractivity contribution in [3.05, 3.63) is 47.4 Å². The van der Waals surface area contributed by atoms with Gasteiger partial charge in [0.25, 0.3) is 0 Å². The van der Waals surface area contributed by atoms with Crippen molar-refractivity contribution in [3.63, 3.8) is 0 Å². The third-order valence-electron chi connectivity index (χ3n) is 9.01. The third-order valence-corrected chi connectivity index (χ3v) is 9.01. The lowest BCUT2D eigenvalue weighted by Gasteiger charge is -2.43. The molecule has 3 heterocycles. The number of hydrogen-bond donors (Lipinski definition) is 0. The van der Waals surface area contributed by atoms with Crippen molar-refractivity contribution in [1.82, 2.24) is 14.9 Å². The van der Waals surface area contributed by atoms with Gasteiger partial charge in [-0.25, -0.2) is 4.98 Å². The Bertz CT molecular complexity index is 1250. The molecule has 0 bridgehead atoms. The van der Waals surface area contributed by atoms with Gasteiger partial charge in [-0.2, -0.15) is 5.26 Å². The van der Waals surface area contributed by atoms with Gasteiger partial charge in [-0.15, -0.1) is 0 Å². The van der Waals surface area contributed by atoms with Crippen molar-refractivity contribution in [1.29, 1.82) is 5.26 Å². The number of nitriles is 1. The first-order chi connectivity index (χ1) is 18.1. The largest absolute Gasteiger partial charge is 0.352 e. The smallest absolute Gasteiger partial charge is 0.222 e. The van der Waals surface area contributed by atoms with Crippen LogP contribution in [0, 0.1) is 30.1 Å². The maximum absolute atomic E-state index is 13.2. The molecule has 1 saturated heterocycles. The van der Waals surface area contributed by atoms with Gasteiger partial charge in [0, 0.05) is 43.7 Å². The zero-order chi connectivity index (χ0) is 25.5. The van der Waals surface area contributed by atoms with Crippen LogP contribution in [0.4, 0.5) is 5.82 Å². The summed E-state index contributed by atoms with van der Waals surface area (Å²) >= 11 is 0. The Kier molecular flexibility index (Phi) is 6.48. The average molecular weight is 496 g/mol. The minimum Gasteiger partial charge on any atom is -0.352 e. The summed E-state index contributed by atoms with van der Waals surface area (Å²) in [5, 5.41) is 10.3. The molecule has 6 nitrogen and oxygen atoms in total. The van der Waals surface area contributed by atoms with Gasteiger partial charge >= 0.3 is 0 Å². The summed E-state index contributed by atoms with van der Waals surface area (Å²) in [6, 6.07) is 6.79. The normalized spacial score (nSPS) is 21.9. The maximum atomic E-state index is 13.2. The number of pyridine rings is 2. The number of amides is 1. The van der Waals surface area contributed by atoms with Crippen LogP contribution in [0.3, 0.4) is 0 Å². The minimum absolute atomic E-state index is 0.232. The number of carbonyl (C=O) groups excluding carboxylic acids is 1. The standard InChI is InChI=1S/C31H37N5O/c1-3-25-17-24(13-14-33-25)29-20(2)26(18-32)31(34-30(29)23-10-11-23)35-15-16-36(27(19-35)22-8-9-22)28(37)12-7-21-5-4-6-21/h3,13-14,17,21-23,27H,1,4-12,15-16,19H2,2H3. The van der Waals surface area contributed by atoms with E-state index in [0.717, 1.165) is 78.7 Å². The first-order valence-electron chi connectivity index (χ1n) is 14.1. The lowest BCUT2D eigenvalue weighted by Crippen LogP contribution is -2.56. The molecule has 2 aromatic rings. The van der Waals surface area contributed by atoms with E-state index in [1.165, 1.54) is 32.1 Å². The predicted octanol–water partition coefficient (Wildman–Crippen LogP) is 5.85. The SMILES string of the molecule is C=Cc1cc(-c2c(C3CC3)nc(N3CCN(C(=O)CCC4CCC4)C(C4CC4)C3)c(C#N)c2C)ccn1. The summed E-state index contributed by atoms with van der Waals surface area (Å²) in [6.07, 6.45) is 13.9. The molecule has 1 unspecified atom stereocenters. The molecule has 37 heavy (non-hydrogen) atoms. The summed E-state index contributed by atoms with van der Waals surface area (Å²) in [5.41, 5.74) is 5.73. The molecule has 3 saturated carbocycles. The van der Waals surface area contributed by atoms with Crippen molar-refractivity contribution in [2.75, 3.05) is 24.5 Å². The van der Waals surface area contributed by atoms with Gasteiger partial charge < -0.3 is 9.80 Å². The molecule has 0 spiro atoms. The molecule has 6 rings (SSSR count). The molecular formula is C31H37N5O. The number of piperazine rings is 1. The summed E-state index contributed by atoms with van der Waals surface area (Å²) in [5.74, 6) is 2.93. The highest BCUT2D eigenvalue weighted by Gasteiger charge is 2.42. The zero-order valence-corrected chi connectivity index (χ0v) is 22.0. The van der Waals surface area contributed by atoms with E-state index in [2.05, 4.69) is 34.4 Å². The van der Waals surface area contributed by atoms with Crippen LogP contribution in [0.15, 0.2) is 24.9 Å². The Hall–Kier alpha value is -3.20. The van der Waals surface area contributed by atoms with Crippen LogP contribution < -0.4 is 4.90 Å². The number of carbonyl (C=O) groups is 1. The second-order valence-electron chi connectivity index (χ2n) is 11.5. The molecule has 2 aromatic heterocycles. The molecule has 4 aliphatic rings. The van der Waals surface area contributed by atoms with Crippen LogP contribution >= 0.6 is 0 Å². The molecule has 192 valence electrons. The number of nitrogens with zero attached hydrogens (tertiary/aromatic N) is 5. The average Bonchev–Trinajstić information content (AvgIpc) is 3.80. The Labute approximate surface area is 220 Å². The van der Waals surface area contributed by atoms with Crippen molar-refractivity contribution in [2.24, 2.45) is 11.8 Å². The second-order valence-corrected chi connectivity index (χ2v) is 11.5. The predicted molar refractivity (Wildman–Crippen MR) is 146 cm³/mol. The van der Waals surface area contributed by atoms with Gasteiger partial charge in [-0.1, -0.05) is 25.8 Å². The third kappa shape index (κ3) is 4.77. The van der Waals surface area contributed by atoms with E-state index in [0.29, 0.717) is 29.7 Å². The van der Waals surface area contributed by atoms with Gasteiger partial charge in [0.05, 0.1) is 23.0 Å². The van der Waals surface area contributed by atoms with Gasteiger partial charge in [-0.3, -0.25) is 9.78 Å². The summed E-state index contributed by atoms with van der Waals surface area (Å²) in [4.78, 5) is 27.3. The van der Waals surface area contributed by atoms with Crippen LogP contribution in [0.1, 0.15) is 86.2 Å². The number of anilines is 1. The summed E-state index contributed by atoms with van der Waals surface area (Å²) in [6.45, 7) is 8.18. The van der Waals surface area contributed by atoms with Crippen LogP contribution in [-0.4, -0.2) is 46.5 Å². The number of aromatic nitrogens is 2. The van der Waals surface area contributed by atoms with E-state index < -0.39 is 0 Å². The first kappa shape index (κ1) is 24.2. The molecule has 0 aromatic carbocycles. The van der Waals surface area contributed by atoms with E-state index >= 15 is 0 Å². The summed E-state index contributed by atoms with van der Waals surface area (Å²) < 4.78 is 0. The van der Waals surface area contributed by atoms with Gasteiger partial charge in [0.15, 0.2) is 0 Å². The van der Waals surface area contributed by atoms with Crippen molar-refractivity contribution >= 4 is 17.8 Å². The molecule has 1 atom stereocenters. The van der Waals surface area contributed by atoms with Crippen LogP contribution in [0.25, 0.3) is 17.2 Å². The fourth-order valence-corrected chi connectivity index (χ4v) is 6.25. The fourth-order valence-electron chi connectivity index (χ4n) is 6.25. The number of rotatable bonds is 8. The molecule has 0 N–H and O–H groups in total. The van der Waals surface area contributed by atoms with Crippen LogP contribution in [0.2, 0.25) is 0 Å². The fraction of sp³-hybridized carbons (Fsp3) is 0.548. The van der Waals surface area contributed by atoms with Gasteiger partial charge in [0.1, 0.15) is 11.9 Å². The van der Waals surface area contributed by atoms with Crippen LogP contribution in [-0.2, 0) is 4.79 Å². The lowest BCUT2D eigenvalue weighted by atomic mass is 9.82. The minimum atomic E-state index is 0.232. The molecule has 1 aliphatic heterocycles. The Balaban J connectivity index is 1.30. The first-order valence-corrected chi connectivity index (χ1v) is 14.1.